The standard InChI is InChI=1S/C59H94N12O11/c1-34(2)26-45(66-51(73)41(62)31-39-32-63-42-21-13-12-20-40(39)42)56(78)71-50(33-72)58(80)68-47(28-36(5)6)54(76)67-46(27-35(3)4)55(77)69-48(30-38-18-10-9-11-19-38)57(79)65-43(22-14-16-24-60)52(74)64-44(23-15-17-25-61)53(75)70-49(59(81)82)29-37(7)8/h9-13,18-21,32,34-37,41,43-50,63,72H,14-17,22-31,33,60-62H2,1-8H3,(H,64,74)(H,65,79)(H,66,73)(H,67,76)(H,68,80)(H,69,77)(H,70,75)(H,71,78)(H,81,82)/t41-,43-,44-,45-,46-,47-,48-,49-,50-/m0/s1. The normalized spacial score (nSPS) is 14.8. The number of aromatic amines is 1. The number of rotatable bonds is 38. The van der Waals surface area contributed by atoms with E-state index in [1.165, 1.54) is 0 Å². The Hall–Kier alpha value is -6.95. The quantitative estimate of drug-likeness (QED) is 0.0363. The molecule has 3 aromatic rings. The summed E-state index contributed by atoms with van der Waals surface area (Å²) in [5.41, 5.74) is 20.2. The van der Waals surface area contributed by atoms with Crippen LogP contribution in [0.1, 0.15) is 131 Å². The van der Waals surface area contributed by atoms with Crippen LogP contribution in [0.3, 0.4) is 0 Å². The van der Waals surface area contributed by atoms with Gasteiger partial charge in [0, 0.05) is 23.5 Å². The number of nitrogens with two attached hydrogens (primary N) is 3. The van der Waals surface area contributed by atoms with Crippen LogP contribution in [0, 0.1) is 23.7 Å². The first kappa shape index (κ1) is 69.3. The Labute approximate surface area is 482 Å². The van der Waals surface area contributed by atoms with Gasteiger partial charge >= 0.3 is 5.97 Å². The molecule has 3 rings (SSSR count). The number of hydrogen-bond acceptors (Lipinski definition) is 13. The van der Waals surface area contributed by atoms with E-state index in [2.05, 4.69) is 47.5 Å². The molecule has 23 heteroatoms. The first-order valence-corrected chi connectivity index (χ1v) is 28.9. The number of carbonyl (C=O) groups is 9. The maximum Gasteiger partial charge on any atom is 0.326 e. The van der Waals surface area contributed by atoms with Crippen LogP contribution in [0.15, 0.2) is 60.8 Å². The number of unbranched alkanes of at least 4 members (excludes halogenated alkanes) is 2. The van der Waals surface area contributed by atoms with Crippen LogP contribution in [0.25, 0.3) is 10.9 Å². The first-order chi connectivity index (χ1) is 38.9. The third-order valence-corrected chi connectivity index (χ3v) is 13.7. The van der Waals surface area contributed by atoms with E-state index in [1.54, 1.807) is 36.5 Å². The Balaban J connectivity index is 1.86. The molecule has 456 valence electrons. The van der Waals surface area contributed by atoms with Gasteiger partial charge < -0.3 is 74.9 Å². The summed E-state index contributed by atoms with van der Waals surface area (Å²) >= 11 is 0. The Morgan fingerprint density at radius 1 is 0.451 bits per heavy atom. The average Bonchev–Trinajstić information content (AvgIpc) is 3.87. The minimum absolute atomic E-state index is 0.0474. The van der Waals surface area contributed by atoms with E-state index >= 15 is 0 Å². The molecule has 17 N–H and O–H groups in total. The predicted octanol–water partition coefficient (Wildman–Crippen LogP) is 1.68. The van der Waals surface area contributed by atoms with E-state index in [1.807, 2.05) is 79.7 Å². The Kier molecular flexibility index (Phi) is 30.3. The maximum absolute atomic E-state index is 14.5. The highest BCUT2D eigenvalue weighted by Crippen LogP contribution is 2.20. The van der Waals surface area contributed by atoms with Crippen molar-refractivity contribution in [1.82, 2.24) is 47.5 Å². The fraction of sp³-hybridized carbons (Fsp3) is 0.610. The molecule has 0 spiro atoms. The lowest BCUT2D eigenvalue weighted by atomic mass is 9.98. The zero-order chi connectivity index (χ0) is 61.1. The van der Waals surface area contributed by atoms with E-state index in [4.69, 9.17) is 17.2 Å². The van der Waals surface area contributed by atoms with Crippen LogP contribution < -0.4 is 59.7 Å². The molecule has 23 nitrogen and oxygen atoms in total. The Morgan fingerprint density at radius 2 is 0.817 bits per heavy atom. The molecule has 2 aromatic carbocycles. The summed E-state index contributed by atoms with van der Waals surface area (Å²) in [5.74, 6) is -7.71. The van der Waals surface area contributed by atoms with Crippen molar-refractivity contribution in [3.63, 3.8) is 0 Å². The number of hydrogen-bond donors (Lipinski definition) is 14. The topological polar surface area (TPSA) is 384 Å². The largest absolute Gasteiger partial charge is 0.480 e. The van der Waals surface area contributed by atoms with Gasteiger partial charge in [-0.3, -0.25) is 38.4 Å². The molecule has 0 aliphatic rings. The fourth-order valence-electron chi connectivity index (χ4n) is 9.39. The second-order valence-electron chi connectivity index (χ2n) is 23.0. The van der Waals surface area contributed by atoms with Crippen molar-refractivity contribution in [2.24, 2.45) is 40.9 Å². The Morgan fingerprint density at radius 3 is 1.27 bits per heavy atom. The predicted molar refractivity (Wildman–Crippen MR) is 314 cm³/mol. The van der Waals surface area contributed by atoms with Gasteiger partial charge in [-0.15, -0.1) is 0 Å². The first-order valence-electron chi connectivity index (χ1n) is 28.9. The lowest BCUT2D eigenvalue weighted by Crippen LogP contribution is -2.61. The van der Waals surface area contributed by atoms with Gasteiger partial charge in [0.05, 0.1) is 12.6 Å². The van der Waals surface area contributed by atoms with E-state index in [9.17, 15) is 53.4 Å². The molecule has 0 radical (unpaired) electrons. The molecule has 8 amide bonds. The summed E-state index contributed by atoms with van der Waals surface area (Å²) in [6.45, 7) is 14.4. The number of H-pyrrole nitrogens is 1. The van der Waals surface area contributed by atoms with E-state index in [0.717, 1.165) is 16.5 Å². The molecular weight excluding hydrogens is 1050 g/mol. The molecule has 0 saturated carbocycles. The highest BCUT2D eigenvalue weighted by molar-refractivity contribution is 5.98. The molecular formula is C59H94N12O11. The number of carboxylic acids is 1. The van der Waals surface area contributed by atoms with Gasteiger partial charge in [-0.25, -0.2) is 4.79 Å². The van der Waals surface area contributed by atoms with Crippen LogP contribution in [0.2, 0.25) is 0 Å². The van der Waals surface area contributed by atoms with E-state index in [-0.39, 0.29) is 75.0 Å². The number of para-hydroxylation sites is 1. The molecule has 0 saturated heterocycles. The van der Waals surface area contributed by atoms with Crippen molar-refractivity contribution < 1.29 is 53.4 Å². The highest BCUT2D eigenvalue weighted by Gasteiger charge is 2.36. The van der Waals surface area contributed by atoms with Gasteiger partial charge in [-0.05, 0) is 125 Å². The summed E-state index contributed by atoms with van der Waals surface area (Å²) in [7, 11) is 0. The monoisotopic (exact) mass is 1150 g/mol. The van der Waals surface area contributed by atoms with Gasteiger partial charge in [0.25, 0.3) is 0 Å². The van der Waals surface area contributed by atoms with Crippen molar-refractivity contribution in [3.05, 3.63) is 71.9 Å². The summed E-state index contributed by atoms with van der Waals surface area (Å²) in [5, 5.41) is 42.8. The summed E-state index contributed by atoms with van der Waals surface area (Å²) in [4.78, 5) is 128. The number of nitrogens with one attached hydrogen (secondary N) is 9. The Bertz CT molecular complexity index is 2520. The maximum atomic E-state index is 14.5. The molecule has 0 fully saturated rings. The van der Waals surface area contributed by atoms with Gasteiger partial charge in [0.1, 0.15) is 48.3 Å². The average molecular weight is 1150 g/mol. The fourth-order valence-corrected chi connectivity index (χ4v) is 9.39. The number of benzene rings is 2. The van der Waals surface area contributed by atoms with Crippen LogP contribution in [-0.2, 0) is 56.0 Å². The molecule has 0 unspecified atom stereocenters. The molecule has 1 heterocycles. The number of fused-ring (bicyclic) bond motifs is 1. The summed E-state index contributed by atoms with van der Waals surface area (Å²) < 4.78 is 0. The van der Waals surface area contributed by atoms with Gasteiger partial charge in [0.2, 0.25) is 47.3 Å². The second-order valence-corrected chi connectivity index (χ2v) is 23.0. The van der Waals surface area contributed by atoms with Gasteiger partial charge in [0.15, 0.2) is 0 Å². The van der Waals surface area contributed by atoms with Crippen LogP contribution >= 0.6 is 0 Å². The number of amides is 8. The number of aromatic nitrogens is 1. The van der Waals surface area contributed by atoms with Crippen LogP contribution in [-0.4, -0.2) is 142 Å². The molecule has 0 bridgehead atoms. The van der Waals surface area contributed by atoms with E-state index < -0.39 is 114 Å². The number of aliphatic hydroxyl groups is 1. The summed E-state index contributed by atoms with van der Waals surface area (Å²) in [6, 6.07) is 5.15. The highest BCUT2D eigenvalue weighted by atomic mass is 16.4. The van der Waals surface area contributed by atoms with Crippen molar-refractivity contribution in [2.45, 2.75) is 187 Å². The minimum atomic E-state index is -1.56. The molecule has 9 atom stereocenters. The zero-order valence-corrected chi connectivity index (χ0v) is 49.2. The third kappa shape index (κ3) is 24.3. The zero-order valence-electron chi connectivity index (χ0n) is 49.2. The van der Waals surface area contributed by atoms with Crippen LogP contribution in [0.5, 0.6) is 0 Å². The molecule has 0 aliphatic heterocycles. The number of aliphatic carboxylic acids is 1. The van der Waals surface area contributed by atoms with Gasteiger partial charge in [-0.2, -0.15) is 0 Å². The lowest BCUT2D eigenvalue weighted by Gasteiger charge is -2.29. The third-order valence-electron chi connectivity index (χ3n) is 13.7. The SMILES string of the molecule is CC(C)C[C@H](NC(=O)[C@H](CCCCN)NC(=O)[C@H](CCCCN)NC(=O)[C@H](Cc1ccccc1)NC(=O)[C@H](CC(C)C)NC(=O)[C@H](CC(C)C)NC(=O)[C@H](CO)NC(=O)[C@H](CC(C)C)NC(=O)[C@@H](N)Cc1c[nH]c2ccccc12)C(=O)O. The van der Waals surface area contributed by atoms with Crippen molar-refractivity contribution in [3.8, 4) is 0 Å². The lowest BCUT2D eigenvalue weighted by molar-refractivity contribution is -0.143. The number of carboxylic acid groups (broad SMARTS) is 1. The molecule has 1 aromatic heterocycles. The minimum Gasteiger partial charge on any atom is -0.480 e. The van der Waals surface area contributed by atoms with Crippen molar-refractivity contribution >= 4 is 64.1 Å². The smallest absolute Gasteiger partial charge is 0.326 e. The number of aliphatic hydroxyl groups excluding tert-OH is 1. The van der Waals surface area contributed by atoms with Crippen molar-refractivity contribution in [2.75, 3.05) is 19.7 Å². The number of carbonyl (C=O) groups excluding carboxylic acids is 8. The molecule has 82 heavy (non-hydrogen) atoms. The molecule has 0 aliphatic carbocycles. The van der Waals surface area contributed by atoms with E-state index in [0.29, 0.717) is 44.3 Å². The van der Waals surface area contributed by atoms with Gasteiger partial charge in [-0.1, -0.05) is 104 Å². The van der Waals surface area contributed by atoms with Crippen molar-refractivity contribution in [1.29, 1.82) is 0 Å². The second kappa shape index (κ2) is 35.8. The summed E-state index contributed by atoms with van der Waals surface area (Å²) in [6.07, 6.45) is 4.43. The van der Waals surface area contributed by atoms with Crippen LogP contribution in [0.4, 0.5) is 0 Å².